The van der Waals surface area contributed by atoms with E-state index in [2.05, 4.69) is 15.1 Å². The van der Waals surface area contributed by atoms with E-state index in [1.807, 2.05) is 40.8 Å². The quantitative estimate of drug-likeness (QED) is 0.355. The zero-order valence-electron chi connectivity index (χ0n) is 17.0. The molecule has 0 atom stereocenters. The van der Waals surface area contributed by atoms with Crippen LogP contribution in [0.2, 0.25) is 5.02 Å². The zero-order valence-corrected chi connectivity index (χ0v) is 18.6. The third-order valence-corrected chi connectivity index (χ3v) is 7.48. The predicted octanol–water partition coefficient (Wildman–Crippen LogP) is 5.68. The molecule has 4 aromatic heterocycles. The summed E-state index contributed by atoms with van der Waals surface area (Å²) < 4.78 is 9.19. The van der Waals surface area contributed by atoms with Crippen LogP contribution in [0.15, 0.2) is 46.7 Å². The van der Waals surface area contributed by atoms with Crippen LogP contribution < -0.4 is 5.73 Å². The van der Waals surface area contributed by atoms with E-state index in [1.54, 1.807) is 17.5 Å². The van der Waals surface area contributed by atoms with Gasteiger partial charge >= 0.3 is 0 Å². The van der Waals surface area contributed by atoms with E-state index < -0.39 is 0 Å². The second-order valence-electron chi connectivity index (χ2n) is 8.18. The number of rotatable bonds is 3. The van der Waals surface area contributed by atoms with Gasteiger partial charge in [-0.25, -0.2) is 9.97 Å². The fraction of sp³-hybridized carbons (Fsp3) is 0.261. The van der Waals surface area contributed by atoms with Crippen LogP contribution in [0.5, 0.6) is 0 Å². The Bertz CT molecular complexity index is 1450. The van der Waals surface area contributed by atoms with Crippen LogP contribution in [-0.2, 0) is 0 Å². The van der Waals surface area contributed by atoms with Crippen molar-refractivity contribution in [1.29, 1.82) is 0 Å². The first kappa shape index (κ1) is 19.7. The molecular weight excluding hydrogens is 446 g/mol. The zero-order chi connectivity index (χ0) is 21.8. The number of thiazole rings is 1. The van der Waals surface area contributed by atoms with Crippen LogP contribution in [0.4, 0.5) is 5.82 Å². The Morgan fingerprint density at radius 2 is 1.97 bits per heavy atom. The Morgan fingerprint density at radius 1 is 1.12 bits per heavy atom. The van der Waals surface area contributed by atoms with Gasteiger partial charge in [-0.1, -0.05) is 17.7 Å². The van der Waals surface area contributed by atoms with Gasteiger partial charge in [-0.3, -0.25) is 4.68 Å². The second-order valence-corrected chi connectivity index (χ2v) is 9.42. The number of aliphatic hydroxyl groups is 1. The lowest BCUT2D eigenvalue weighted by Crippen LogP contribution is -2.21. The van der Waals surface area contributed by atoms with Gasteiger partial charge in [-0.2, -0.15) is 5.10 Å². The van der Waals surface area contributed by atoms with Gasteiger partial charge in [0.15, 0.2) is 17.2 Å². The molecule has 1 saturated carbocycles. The molecule has 0 amide bonds. The van der Waals surface area contributed by atoms with Crippen molar-refractivity contribution >= 4 is 49.9 Å². The number of anilines is 1. The van der Waals surface area contributed by atoms with Gasteiger partial charge in [0.1, 0.15) is 0 Å². The van der Waals surface area contributed by atoms with E-state index in [9.17, 15) is 5.11 Å². The second kappa shape index (κ2) is 7.58. The molecule has 1 fully saturated rings. The predicted molar refractivity (Wildman–Crippen MR) is 127 cm³/mol. The van der Waals surface area contributed by atoms with Crippen molar-refractivity contribution in [2.75, 3.05) is 5.73 Å². The van der Waals surface area contributed by atoms with Gasteiger partial charge in [-0.05, 0) is 37.8 Å². The lowest BCUT2D eigenvalue weighted by molar-refractivity contribution is 0.108. The first-order chi connectivity index (χ1) is 15.6. The van der Waals surface area contributed by atoms with Crippen LogP contribution >= 0.6 is 22.9 Å². The van der Waals surface area contributed by atoms with Gasteiger partial charge < -0.3 is 15.3 Å². The van der Waals surface area contributed by atoms with Gasteiger partial charge in [0, 0.05) is 29.1 Å². The van der Waals surface area contributed by atoms with E-state index in [-0.39, 0.29) is 12.1 Å². The smallest absolute Gasteiger partial charge is 0.179 e. The van der Waals surface area contributed by atoms with E-state index in [1.165, 1.54) is 0 Å². The molecule has 1 aliphatic rings. The standard InChI is InChI=1S/C23H20ClN5O2S/c24-19-18-16(12-8-28-29(10-12)13-4-6-14(30)7-5-13)9-26-23(25)21(18)31-20(19)15-2-1-3-17-22(15)32-11-27-17/h1-3,8-11,13-14,30H,4-7H2,(H2,25,26). The van der Waals surface area contributed by atoms with Crippen molar-refractivity contribution < 1.29 is 9.52 Å². The van der Waals surface area contributed by atoms with Gasteiger partial charge in [0.25, 0.3) is 0 Å². The van der Waals surface area contributed by atoms with Crippen LogP contribution in [0, 0.1) is 0 Å². The van der Waals surface area contributed by atoms with Gasteiger partial charge in [-0.15, -0.1) is 11.3 Å². The SMILES string of the molecule is Nc1ncc(-c2cnn(C3CCC(O)CC3)c2)c2c(Cl)c(-c3cccc4ncsc34)oc12. The first-order valence-corrected chi connectivity index (χ1v) is 11.8. The molecular formula is C23H20ClN5O2S. The molecule has 9 heteroatoms. The molecule has 1 aromatic carbocycles. The monoisotopic (exact) mass is 465 g/mol. The number of halogens is 1. The summed E-state index contributed by atoms with van der Waals surface area (Å²) >= 11 is 8.45. The molecule has 0 spiro atoms. The number of hydrogen-bond acceptors (Lipinski definition) is 7. The summed E-state index contributed by atoms with van der Waals surface area (Å²) in [4.78, 5) is 8.75. The Morgan fingerprint density at radius 3 is 2.81 bits per heavy atom. The van der Waals surface area contributed by atoms with Crippen molar-refractivity contribution in [3.8, 4) is 22.5 Å². The summed E-state index contributed by atoms with van der Waals surface area (Å²) in [6.07, 6.45) is 8.78. The summed E-state index contributed by atoms with van der Waals surface area (Å²) in [7, 11) is 0. The molecule has 1 aliphatic carbocycles. The third kappa shape index (κ3) is 3.09. The highest BCUT2D eigenvalue weighted by Crippen LogP contribution is 2.45. The van der Waals surface area contributed by atoms with Crippen LogP contribution in [0.3, 0.4) is 0 Å². The van der Waals surface area contributed by atoms with Crippen LogP contribution in [0.25, 0.3) is 43.6 Å². The summed E-state index contributed by atoms with van der Waals surface area (Å²) in [5, 5.41) is 15.6. The van der Waals surface area contributed by atoms with Crippen molar-refractivity contribution in [2.45, 2.75) is 37.8 Å². The van der Waals surface area contributed by atoms with E-state index in [4.69, 9.17) is 21.8 Å². The number of aliphatic hydroxyl groups excluding tert-OH is 1. The summed E-state index contributed by atoms with van der Waals surface area (Å²) in [6.45, 7) is 0. The number of nitrogen functional groups attached to an aromatic ring is 1. The van der Waals surface area contributed by atoms with Crippen LogP contribution in [0.1, 0.15) is 31.7 Å². The number of aromatic nitrogens is 4. The largest absolute Gasteiger partial charge is 0.450 e. The number of pyridine rings is 1. The Hall–Kier alpha value is -2.94. The topological polar surface area (TPSA) is 103 Å². The van der Waals surface area contributed by atoms with Crippen molar-refractivity contribution in [3.63, 3.8) is 0 Å². The minimum Gasteiger partial charge on any atom is -0.450 e. The fourth-order valence-corrected chi connectivity index (χ4v) is 5.67. The minimum absolute atomic E-state index is 0.201. The summed E-state index contributed by atoms with van der Waals surface area (Å²) in [5.74, 6) is 0.855. The lowest BCUT2D eigenvalue weighted by Gasteiger charge is -2.25. The maximum atomic E-state index is 9.80. The van der Waals surface area contributed by atoms with E-state index in [0.29, 0.717) is 22.2 Å². The van der Waals surface area contributed by atoms with Gasteiger partial charge in [0.2, 0.25) is 0 Å². The summed E-state index contributed by atoms with van der Waals surface area (Å²) in [5.41, 5.74) is 12.0. The van der Waals surface area contributed by atoms with Crippen molar-refractivity contribution in [3.05, 3.63) is 47.3 Å². The highest BCUT2D eigenvalue weighted by Gasteiger charge is 2.25. The highest BCUT2D eigenvalue weighted by molar-refractivity contribution is 7.17. The lowest BCUT2D eigenvalue weighted by atomic mass is 9.93. The molecule has 0 radical (unpaired) electrons. The maximum absolute atomic E-state index is 9.80. The minimum atomic E-state index is -0.201. The summed E-state index contributed by atoms with van der Waals surface area (Å²) in [6, 6.07) is 6.16. The molecule has 162 valence electrons. The molecule has 0 saturated heterocycles. The average Bonchev–Trinajstić information content (AvgIpc) is 3.54. The molecule has 5 aromatic rings. The molecule has 7 nitrogen and oxygen atoms in total. The molecule has 0 aliphatic heterocycles. The number of nitrogens with two attached hydrogens (primary N) is 1. The van der Waals surface area contributed by atoms with Crippen LogP contribution in [-0.4, -0.2) is 31.0 Å². The van der Waals surface area contributed by atoms with E-state index >= 15 is 0 Å². The average molecular weight is 466 g/mol. The normalized spacial score (nSPS) is 19.2. The van der Waals surface area contributed by atoms with Gasteiger partial charge in [0.05, 0.1) is 44.5 Å². The van der Waals surface area contributed by atoms with Crippen molar-refractivity contribution in [2.24, 2.45) is 0 Å². The molecule has 4 heterocycles. The third-order valence-electron chi connectivity index (χ3n) is 6.24. The molecule has 6 rings (SSSR count). The molecule has 0 unspecified atom stereocenters. The number of benzene rings is 1. The maximum Gasteiger partial charge on any atom is 0.179 e. The Kier molecular flexibility index (Phi) is 4.67. The van der Waals surface area contributed by atoms with E-state index in [0.717, 1.165) is 58.0 Å². The number of hydrogen-bond donors (Lipinski definition) is 2. The molecule has 32 heavy (non-hydrogen) atoms. The molecule has 0 bridgehead atoms. The highest BCUT2D eigenvalue weighted by atomic mass is 35.5. The Balaban J connectivity index is 1.48. The fourth-order valence-electron chi connectivity index (χ4n) is 4.55. The Labute approximate surface area is 192 Å². The van der Waals surface area contributed by atoms with Crippen molar-refractivity contribution in [1.82, 2.24) is 19.7 Å². The number of fused-ring (bicyclic) bond motifs is 2. The molecule has 3 N–H and O–H groups in total. The number of nitrogens with zero attached hydrogens (tertiary/aromatic N) is 4. The number of furan rings is 1. The first-order valence-electron chi connectivity index (χ1n) is 10.5.